The van der Waals surface area contributed by atoms with Crippen molar-refractivity contribution in [2.75, 3.05) is 13.1 Å². The number of hydrogen-bond acceptors (Lipinski definition) is 5. The van der Waals surface area contributed by atoms with Gasteiger partial charge in [-0.2, -0.15) is 5.26 Å². The summed E-state index contributed by atoms with van der Waals surface area (Å²) in [6, 6.07) is 6.41. The highest BCUT2D eigenvalue weighted by atomic mass is 19.1. The van der Waals surface area contributed by atoms with Crippen molar-refractivity contribution in [2.45, 2.75) is 38.5 Å². The lowest BCUT2D eigenvalue weighted by Crippen LogP contribution is -2.31. The molecule has 6 nitrogen and oxygen atoms in total. The minimum absolute atomic E-state index is 0.179. The molecule has 0 unspecified atom stereocenters. The van der Waals surface area contributed by atoms with Crippen LogP contribution in [0.3, 0.4) is 0 Å². The second-order valence-electron chi connectivity index (χ2n) is 6.58. The predicted molar refractivity (Wildman–Crippen MR) is 85.3 cm³/mol. The van der Waals surface area contributed by atoms with E-state index in [1.54, 1.807) is 10.9 Å². The van der Waals surface area contributed by atoms with Gasteiger partial charge in [0.1, 0.15) is 17.1 Å². The third kappa shape index (κ3) is 3.16. The minimum atomic E-state index is -1.06. The van der Waals surface area contributed by atoms with E-state index in [1.165, 1.54) is 18.2 Å². The molecule has 2 heterocycles. The lowest BCUT2D eigenvalue weighted by Gasteiger charge is -2.21. The second kappa shape index (κ2) is 6.30. The third-order valence-electron chi connectivity index (χ3n) is 4.42. The van der Waals surface area contributed by atoms with Gasteiger partial charge in [-0.15, -0.1) is 5.10 Å². The summed E-state index contributed by atoms with van der Waals surface area (Å²) in [6.07, 6.45) is 2.30. The molecule has 0 saturated carbocycles. The molecule has 0 radical (unpaired) electrons. The van der Waals surface area contributed by atoms with Crippen molar-refractivity contribution >= 4 is 0 Å². The third-order valence-corrected chi connectivity index (χ3v) is 4.42. The van der Waals surface area contributed by atoms with E-state index in [1.807, 2.05) is 18.7 Å². The molecule has 1 aliphatic heterocycles. The van der Waals surface area contributed by atoms with Crippen LogP contribution in [-0.4, -0.2) is 38.1 Å². The number of nitrogens with zero attached hydrogens (tertiary/aromatic N) is 5. The summed E-state index contributed by atoms with van der Waals surface area (Å²) in [5.74, 6) is -0.363. The Labute approximate surface area is 140 Å². The highest BCUT2D eigenvalue weighted by Gasteiger charge is 2.40. The molecule has 7 heteroatoms. The van der Waals surface area contributed by atoms with E-state index < -0.39 is 5.60 Å². The van der Waals surface area contributed by atoms with Crippen LogP contribution < -0.4 is 0 Å². The molecular weight excluding hydrogens is 309 g/mol. The van der Waals surface area contributed by atoms with Crippen molar-refractivity contribution in [3.05, 3.63) is 47.0 Å². The average molecular weight is 329 g/mol. The van der Waals surface area contributed by atoms with Gasteiger partial charge in [-0.1, -0.05) is 5.21 Å². The van der Waals surface area contributed by atoms with Crippen LogP contribution in [0.15, 0.2) is 24.4 Å². The van der Waals surface area contributed by atoms with Crippen LogP contribution in [0.1, 0.15) is 43.1 Å². The van der Waals surface area contributed by atoms with Crippen LogP contribution in [0.5, 0.6) is 0 Å². The predicted octanol–water partition coefficient (Wildman–Crippen LogP) is 1.96. The van der Waals surface area contributed by atoms with Gasteiger partial charge in [-0.25, -0.2) is 9.07 Å². The lowest BCUT2D eigenvalue weighted by atomic mass is 10.00. The molecule has 0 aliphatic carbocycles. The summed E-state index contributed by atoms with van der Waals surface area (Å²) in [5, 5.41) is 28.2. The number of likely N-dealkylation sites (tertiary alicyclic amines) is 1. The van der Waals surface area contributed by atoms with Crippen molar-refractivity contribution in [3.63, 3.8) is 0 Å². The molecule has 24 heavy (non-hydrogen) atoms. The highest BCUT2D eigenvalue weighted by Crippen LogP contribution is 2.32. The zero-order chi connectivity index (χ0) is 17.3. The summed E-state index contributed by atoms with van der Waals surface area (Å²) in [6.45, 7) is 5.44. The topological polar surface area (TPSA) is 78.0 Å². The number of hydrogen-bond donors (Lipinski definition) is 1. The smallest absolute Gasteiger partial charge is 0.124 e. The van der Waals surface area contributed by atoms with E-state index in [0.717, 1.165) is 0 Å². The van der Waals surface area contributed by atoms with Crippen molar-refractivity contribution < 1.29 is 9.50 Å². The van der Waals surface area contributed by atoms with Crippen LogP contribution in [0.4, 0.5) is 4.39 Å². The SMILES string of the molecule is CC(C)n1cc([C@@]2(O)CCN(Cc3cc(F)ccc3C#N)C2)nn1. The molecule has 1 saturated heterocycles. The molecule has 1 aromatic carbocycles. The maximum absolute atomic E-state index is 13.5. The maximum Gasteiger partial charge on any atom is 0.124 e. The van der Waals surface area contributed by atoms with Gasteiger partial charge in [-0.05, 0) is 44.0 Å². The van der Waals surface area contributed by atoms with Crippen LogP contribution >= 0.6 is 0 Å². The number of benzene rings is 1. The molecule has 1 fully saturated rings. The van der Waals surface area contributed by atoms with Gasteiger partial charge >= 0.3 is 0 Å². The fourth-order valence-electron chi connectivity index (χ4n) is 3.00. The van der Waals surface area contributed by atoms with Gasteiger partial charge in [0.2, 0.25) is 0 Å². The molecule has 1 atom stereocenters. The summed E-state index contributed by atoms with van der Waals surface area (Å²) < 4.78 is 15.2. The van der Waals surface area contributed by atoms with E-state index in [9.17, 15) is 9.50 Å². The summed E-state index contributed by atoms with van der Waals surface area (Å²) in [7, 11) is 0. The molecule has 1 aromatic heterocycles. The van der Waals surface area contributed by atoms with Gasteiger partial charge in [0, 0.05) is 25.7 Å². The lowest BCUT2D eigenvalue weighted by molar-refractivity contribution is 0.0408. The van der Waals surface area contributed by atoms with Crippen LogP contribution in [0.2, 0.25) is 0 Å². The Hall–Kier alpha value is -2.30. The summed E-state index contributed by atoms with van der Waals surface area (Å²) >= 11 is 0. The van der Waals surface area contributed by atoms with Crippen LogP contribution in [0.25, 0.3) is 0 Å². The van der Waals surface area contributed by atoms with E-state index in [0.29, 0.717) is 42.9 Å². The Morgan fingerprint density at radius 2 is 2.25 bits per heavy atom. The Kier molecular flexibility index (Phi) is 4.35. The zero-order valence-corrected chi connectivity index (χ0v) is 13.8. The second-order valence-corrected chi connectivity index (χ2v) is 6.58. The van der Waals surface area contributed by atoms with E-state index in [2.05, 4.69) is 16.4 Å². The Morgan fingerprint density at radius 1 is 1.46 bits per heavy atom. The summed E-state index contributed by atoms with van der Waals surface area (Å²) in [4.78, 5) is 2.00. The van der Waals surface area contributed by atoms with Crippen LogP contribution in [0, 0.1) is 17.1 Å². The summed E-state index contributed by atoms with van der Waals surface area (Å²) in [5.41, 5.74) is 0.580. The molecule has 1 N–H and O–H groups in total. The Balaban J connectivity index is 1.75. The van der Waals surface area contributed by atoms with Gasteiger partial charge < -0.3 is 5.11 Å². The van der Waals surface area contributed by atoms with Crippen molar-refractivity contribution in [2.24, 2.45) is 0 Å². The Bertz CT molecular complexity index is 782. The zero-order valence-electron chi connectivity index (χ0n) is 13.8. The van der Waals surface area contributed by atoms with Crippen molar-refractivity contribution in [3.8, 4) is 6.07 Å². The normalized spacial score (nSPS) is 21.3. The number of aromatic nitrogens is 3. The first-order chi connectivity index (χ1) is 11.4. The number of halogens is 1. The maximum atomic E-state index is 13.5. The first kappa shape index (κ1) is 16.6. The molecule has 2 aromatic rings. The van der Waals surface area contributed by atoms with E-state index in [-0.39, 0.29) is 11.9 Å². The number of rotatable bonds is 4. The molecule has 3 rings (SSSR count). The van der Waals surface area contributed by atoms with Gasteiger partial charge in [0.15, 0.2) is 0 Å². The number of nitriles is 1. The fourth-order valence-corrected chi connectivity index (χ4v) is 3.00. The van der Waals surface area contributed by atoms with Crippen LogP contribution in [-0.2, 0) is 12.1 Å². The number of β-amino-alcohol motifs (C(OH)–C–C–N with tert-alkyl or cyclic N) is 1. The molecule has 0 spiro atoms. The first-order valence-corrected chi connectivity index (χ1v) is 7.97. The van der Waals surface area contributed by atoms with Gasteiger partial charge in [0.05, 0.1) is 17.8 Å². The molecule has 0 amide bonds. The minimum Gasteiger partial charge on any atom is -0.382 e. The Morgan fingerprint density at radius 3 is 2.92 bits per heavy atom. The first-order valence-electron chi connectivity index (χ1n) is 7.97. The van der Waals surface area contributed by atoms with E-state index in [4.69, 9.17) is 5.26 Å². The quantitative estimate of drug-likeness (QED) is 0.928. The van der Waals surface area contributed by atoms with Crippen molar-refractivity contribution in [1.82, 2.24) is 19.9 Å². The highest BCUT2D eigenvalue weighted by molar-refractivity contribution is 5.37. The molecule has 0 bridgehead atoms. The molecule has 126 valence electrons. The standard InChI is InChI=1S/C17H20FN5O/c1-12(2)23-10-16(20-21-23)17(24)5-6-22(11-17)9-14-7-15(18)4-3-13(14)8-19/h3-4,7,10,12,24H,5-6,9,11H2,1-2H3/t17-/m1/s1. The van der Waals surface area contributed by atoms with E-state index >= 15 is 0 Å². The molecule has 1 aliphatic rings. The number of aliphatic hydroxyl groups is 1. The van der Waals surface area contributed by atoms with Gasteiger partial charge in [0.25, 0.3) is 0 Å². The largest absolute Gasteiger partial charge is 0.382 e. The monoisotopic (exact) mass is 329 g/mol. The fraction of sp³-hybridized carbons (Fsp3) is 0.471. The van der Waals surface area contributed by atoms with Gasteiger partial charge in [-0.3, -0.25) is 4.90 Å². The van der Waals surface area contributed by atoms with Crippen molar-refractivity contribution in [1.29, 1.82) is 5.26 Å². The molecular formula is C17H20FN5O. The average Bonchev–Trinajstić information content (AvgIpc) is 3.16.